The summed E-state index contributed by atoms with van der Waals surface area (Å²) in [6.45, 7) is 2.95. The van der Waals surface area contributed by atoms with Crippen molar-refractivity contribution in [1.82, 2.24) is 15.1 Å². The highest BCUT2D eigenvalue weighted by molar-refractivity contribution is 9.18. The van der Waals surface area contributed by atoms with E-state index in [1.54, 1.807) is 18.5 Å². The molecule has 0 bridgehead atoms. The van der Waals surface area contributed by atoms with Crippen LogP contribution in [0.1, 0.15) is 24.8 Å². The Kier molecular flexibility index (Phi) is 6.35. The second-order valence-electron chi connectivity index (χ2n) is 4.82. The van der Waals surface area contributed by atoms with Crippen molar-refractivity contribution < 1.29 is 9.94 Å². The van der Waals surface area contributed by atoms with Crippen molar-refractivity contribution in [2.24, 2.45) is 5.16 Å². The minimum atomic E-state index is -0.521. The Bertz CT molecular complexity index is 424. The molecule has 0 aromatic carbocycles. The maximum Gasteiger partial charge on any atom is 0.154 e. The lowest BCUT2D eigenvalue weighted by molar-refractivity contribution is 0.0162. The first-order valence-electron chi connectivity index (χ1n) is 6.78. The van der Waals surface area contributed by atoms with Gasteiger partial charge in [0.05, 0.1) is 12.4 Å². The monoisotopic (exact) mass is 342 g/mol. The van der Waals surface area contributed by atoms with E-state index in [0.717, 1.165) is 18.7 Å². The smallest absolute Gasteiger partial charge is 0.154 e. The number of nitrogens with zero attached hydrogens (tertiary/aromatic N) is 4. The number of aromatic nitrogens is 2. The van der Waals surface area contributed by atoms with E-state index in [1.807, 2.05) is 0 Å². The van der Waals surface area contributed by atoms with Crippen molar-refractivity contribution in [3.8, 4) is 0 Å². The number of aliphatic hydroxyl groups is 1. The first-order valence-corrected chi connectivity index (χ1v) is 7.58. The van der Waals surface area contributed by atoms with Crippen molar-refractivity contribution in [2.45, 2.75) is 25.4 Å². The zero-order valence-electron chi connectivity index (χ0n) is 11.3. The molecule has 2 heterocycles. The SMILES string of the molecule is OC(CO/N=C(\Br)c1ccnnc1)CN1CCCCC1. The van der Waals surface area contributed by atoms with Crippen molar-refractivity contribution in [2.75, 3.05) is 26.2 Å². The van der Waals surface area contributed by atoms with Gasteiger partial charge in [0, 0.05) is 12.1 Å². The lowest BCUT2D eigenvalue weighted by Crippen LogP contribution is -2.38. The third-order valence-electron chi connectivity index (χ3n) is 3.15. The third kappa shape index (κ3) is 5.15. The predicted octanol–water partition coefficient (Wildman–Crippen LogP) is 1.40. The van der Waals surface area contributed by atoms with Gasteiger partial charge in [0.2, 0.25) is 0 Å². The summed E-state index contributed by atoms with van der Waals surface area (Å²) in [6.07, 6.45) is 6.37. The number of aliphatic hydroxyl groups excluding tert-OH is 1. The summed E-state index contributed by atoms with van der Waals surface area (Å²) >= 11 is 3.30. The van der Waals surface area contributed by atoms with Gasteiger partial charge in [-0.3, -0.25) is 0 Å². The van der Waals surface area contributed by atoms with Gasteiger partial charge < -0.3 is 14.8 Å². The molecule has 1 aromatic rings. The number of hydrogen-bond acceptors (Lipinski definition) is 6. The molecule has 1 aromatic heterocycles. The van der Waals surface area contributed by atoms with Crippen LogP contribution in [0.5, 0.6) is 0 Å². The Hall–Kier alpha value is -1.05. The molecular weight excluding hydrogens is 324 g/mol. The van der Waals surface area contributed by atoms with Crippen LogP contribution in [0.25, 0.3) is 0 Å². The molecule has 0 aliphatic carbocycles. The number of halogens is 1. The second-order valence-corrected chi connectivity index (χ2v) is 5.58. The number of β-amino-alcohol motifs (C(OH)–C–C–N with tert-alkyl or cyclic N) is 1. The van der Waals surface area contributed by atoms with Crippen LogP contribution in [0.15, 0.2) is 23.6 Å². The molecule has 0 saturated carbocycles. The minimum Gasteiger partial charge on any atom is -0.392 e. The molecule has 1 unspecified atom stereocenters. The van der Waals surface area contributed by atoms with Crippen molar-refractivity contribution in [3.05, 3.63) is 24.0 Å². The van der Waals surface area contributed by atoms with E-state index in [0.29, 0.717) is 11.2 Å². The van der Waals surface area contributed by atoms with Gasteiger partial charge >= 0.3 is 0 Å². The van der Waals surface area contributed by atoms with Gasteiger partial charge in [0.15, 0.2) is 4.62 Å². The Balaban J connectivity index is 1.71. The quantitative estimate of drug-likeness (QED) is 0.625. The van der Waals surface area contributed by atoms with Gasteiger partial charge in [-0.25, -0.2) is 0 Å². The van der Waals surface area contributed by atoms with Crippen LogP contribution in [-0.2, 0) is 4.84 Å². The van der Waals surface area contributed by atoms with Crippen molar-refractivity contribution in [3.63, 3.8) is 0 Å². The highest BCUT2D eigenvalue weighted by Crippen LogP contribution is 2.09. The normalized spacial score (nSPS) is 18.8. The standard InChI is InChI=1S/C13H19BrN4O2/c14-13(11-4-5-15-16-8-11)17-20-10-12(19)9-18-6-2-1-3-7-18/h4-5,8,12,19H,1-3,6-7,9-10H2/b17-13-. The molecule has 1 atom stereocenters. The summed E-state index contributed by atoms with van der Waals surface area (Å²) < 4.78 is 0.539. The minimum absolute atomic E-state index is 0.185. The summed E-state index contributed by atoms with van der Waals surface area (Å²) in [6, 6.07) is 1.77. The first kappa shape index (κ1) is 15.3. The topological polar surface area (TPSA) is 70.8 Å². The second kappa shape index (κ2) is 8.28. The van der Waals surface area contributed by atoms with E-state index < -0.39 is 6.10 Å². The highest BCUT2D eigenvalue weighted by atomic mass is 79.9. The Labute approximate surface area is 127 Å². The average Bonchev–Trinajstić information content (AvgIpc) is 2.49. The molecule has 0 radical (unpaired) electrons. The van der Waals surface area contributed by atoms with Crippen LogP contribution < -0.4 is 0 Å². The summed E-state index contributed by atoms with van der Waals surface area (Å²) in [5.41, 5.74) is 0.783. The summed E-state index contributed by atoms with van der Waals surface area (Å²) in [4.78, 5) is 7.44. The molecule has 0 spiro atoms. The van der Waals surface area contributed by atoms with Crippen LogP contribution in [0, 0.1) is 0 Å². The molecule has 7 heteroatoms. The molecule has 0 amide bonds. The van der Waals surface area contributed by atoms with Gasteiger partial charge in [-0.2, -0.15) is 10.2 Å². The molecule has 110 valence electrons. The molecular formula is C13H19BrN4O2. The fourth-order valence-corrected chi connectivity index (χ4v) is 2.48. The van der Waals surface area contributed by atoms with E-state index in [2.05, 4.69) is 36.2 Å². The van der Waals surface area contributed by atoms with Crippen LogP contribution in [-0.4, -0.2) is 57.2 Å². The molecule has 1 aliphatic rings. The molecule has 1 N–H and O–H groups in total. The fraction of sp³-hybridized carbons (Fsp3) is 0.615. The zero-order chi connectivity index (χ0) is 14.2. The van der Waals surface area contributed by atoms with Crippen LogP contribution in [0.3, 0.4) is 0 Å². The van der Waals surface area contributed by atoms with Gasteiger partial charge in [0.25, 0.3) is 0 Å². The van der Waals surface area contributed by atoms with E-state index >= 15 is 0 Å². The average molecular weight is 343 g/mol. The van der Waals surface area contributed by atoms with E-state index in [-0.39, 0.29) is 6.61 Å². The highest BCUT2D eigenvalue weighted by Gasteiger charge is 2.14. The van der Waals surface area contributed by atoms with Crippen LogP contribution >= 0.6 is 15.9 Å². The van der Waals surface area contributed by atoms with Crippen LogP contribution in [0.2, 0.25) is 0 Å². The van der Waals surface area contributed by atoms with E-state index in [9.17, 15) is 5.11 Å². The first-order chi connectivity index (χ1) is 9.75. The number of likely N-dealkylation sites (tertiary alicyclic amines) is 1. The Morgan fingerprint density at radius 3 is 2.90 bits per heavy atom. The van der Waals surface area contributed by atoms with Crippen molar-refractivity contribution in [1.29, 1.82) is 0 Å². The fourth-order valence-electron chi connectivity index (χ4n) is 2.14. The summed E-state index contributed by atoms with van der Waals surface area (Å²) in [5.74, 6) is 0. The zero-order valence-corrected chi connectivity index (χ0v) is 12.9. The number of hydrogen-bond donors (Lipinski definition) is 1. The maximum absolute atomic E-state index is 9.91. The van der Waals surface area contributed by atoms with Gasteiger partial charge in [-0.05, 0) is 47.9 Å². The van der Waals surface area contributed by atoms with Crippen molar-refractivity contribution >= 4 is 20.6 Å². The molecule has 1 fully saturated rings. The summed E-state index contributed by atoms with van der Waals surface area (Å²) in [5, 5.41) is 21.3. The molecule has 1 saturated heterocycles. The van der Waals surface area contributed by atoms with Gasteiger partial charge in [-0.15, -0.1) is 0 Å². The Morgan fingerprint density at radius 1 is 1.40 bits per heavy atom. The maximum atomic E-state index is 9.91. The largest absolute Gasteiger partial charge is 0.392 e. The van der Waals surface area contributed by atoms with Gasteiger partial charge in [0.1, 0.15) is 12.7 Å². The number of oxime groups is 1. The molecule has 6 nitrogen and oxygen atoms in total. The van der Waals surface area contributed by atoms with Gasteiger partial charge in [-0.1, -0.05) is 11.6 Å². The lowest BCUT2D eigenvalue weighted by atomic mass is 10.1. The number of piperidine rings is 1. The predicted molar refractivity (Wildman–Crippen MR) is 79.7 cm³/mol. The molecule has 1 aliphatic heterocycles. The molecule has 20 heavy (non-hydrogen) atoms. The van der Waals surface area contributed by atoms with E-state index in [4.69, 9.17) is 4.84 Å². The summed E-state index contributed by atoms with van der Waals surface area (Å²) in [7, 11) is 0. The third-order valence-corrected chi connectivity index (χ3v) is 3.75. The number of rotatable bonds is 6. The van der Waals surface area contributed by atoms with Crippen LogP contribution in [0.4, 0.5) is 0 Å². The van der Waals surface area contributed by atoms with E-state index in [1.165, 1.54) is 19.3 Å². The molecule has 2 rings (SSSR count). The Morgan fingerprint density at radius 2 is 2.20 bits per heavy atom. The lowest BCUT2D eigenvalue weighted by Gasteiger charge is -2.27.